The lowest BCUT2D eigenvalue weighted by Gasteiger charge is -2.44. The van der Waals surface area contributed by atoms with Gasteiger partial charge in [-0.05, 0) is 121 Å². The van der Waals surface area contributed by atoms with Crippen molar-refractivity contribution in [2.75, 3.05) is 9.71 Å². The van der Waals surface area contributed by atoms with Crippen molar-refractivity contribution >= 4 is 79.3 Å². The van der Waals surface area contributed by atoms with Crippen molar-refractivity contribution < 1.29 is 8.83 Å². The maximum atomic E-state index is 7.42. The first kappa shape index (κ1) is 39.2. The van der Waals surface area contributed by atoms with Gasteiger partial charge in [0, 0.05) is 55.5 Å². The summed E-state index contributed by atoms with van der Waals surface area (Å²) in [6.07, 6.45) is 0. The Balaban J connectivity index is 1.26. The Morgan fingerprint density at radius 2 is 1.09 bits per heavy atom. The Hall–Kier alpha value is -6.46. The van der Waals surface area contributed by atoms with Gasteiger partial charge in [-0.1, -0.05) is 149 Å². The van der Waals surface area contributed by atoms with Gasteiger partial charge in [0.25, 0.3) is 0 Å². The molecule has 0 saturated heterocycles. The molecule has 0 fully saturated rings. The van der Waals surface area contributed by atoms with Crippen molar-refractivity contribution in [2.24, 2.45) is 0 Å². The largest absolute Gasteiger partial charge is 0.466 e. The van der Waals surface area contributed by atoms with Gasteiger partial charge in [-0.2, -0.15) is 0 Å². The molecule has 5 heteroatoms. The van der Waals surface area contributed by atoms with E-state index in [2.05, 4.69) is 219 Å². The van der Waals surface area contributed by atoms with Crippen LogP contribution in [-0.2, 0) is 21.7 Å². The lowest BCUT2D eigenvalue weighted by atomic mass is 9.45. The summed E-state index contributed by atoms with van der Waals surface area (Å²) in [5, 5.41) is 3.34. The standard InChI is InChI=1S/C59H55BN2O2/c1-56(2,3)34-20-25-37(26-21-34)61-48-32-42-40-17-13-15-19-49(40)63-54(42)51-43-31-41-39-16-12-14-18-45(39)59(10,11)46(41)33-47(43)62(38-27-22-35(23-28-38)57(4,5)6)60(52(48)51)55-53(61)44-30-36(58(7,8)9)24-29-50(44)64-55/h12-33H,1-11H3. The van der Waals surface area contributed by atoms with E-state index in [1.165, 1.54) is 50.0 Å². The zero-order valence-corrected chi connectivity index (χ0v) is 39.0. The molecule has 0 unspecified atom stereocenters. The first-order chi connectivity index (χ1) is 30.4. The summed E-state index contributed by atoms with van der Waals surface area (Å²) in [4.78, 5) is 5.10. The molecule has 0 spiro atoms. The van der Waals surface area contributed by atoms with Gasteiger partial charge >= 0.3 is 6.85 Å². The number of hydrogen-bond donors (Lipinski definition) is 0. The predicted molar refractivity (Wildman–Crippen MR) is 271 cm³/mol. The molecule has 9 aromatic rings. The minimum atomic E-state index is -0.314. The number of hydrogen-bond acceptors (Lipinski definition) is 4. The van der Waals surface area contributed by atoms with E-state index in [1.807, 2.05) is 0 Å². The number of nitrogens with zero attached hydrogens (tertiary/aromatic N) is 2. The second-order valence-electron chi connectivity index (χ2n) is 22.2. The van der Waals surface area contributed by atoms with Crippen molar-refractivity contribution in [1.29, 1.82) is 0 Å². The van der Waals surface area contributed by atoms with Crippen LogP contribution >= 0.6 is 0 Å². The molecule has 0 radical (unpaired) electrons. The zero-order chi connectivity index (χ0) is 44.4. The van der Waals surface area contributed by atoms with Gasteiger partial charge < -0.3 is 18.5 Å². The minimum Gasteiger partial charge on any atom is -0.466 e. The van der Waals surface area contributed by atoms with Crippen LogP contribution < -0.4 is 20.8 Å². The van der Waals surface area contributed by atoms with Crippen LogP contribution in [0.2, 0.25) is 0 Å². The number of rotatable bonds is 2. The minimum absolute atomic E-state index is 0.00612. The molecule has 0 atom stereocenters. The third kappa shape index (κ3) is 5.42. The van der Waals surface area contributed by atoms with Crippen LogP contribution in [0.3, 0.4) is 0 Å². The number of benzene rings is 7. The van der Waals surface area contributed by atoms with Gasteiger partial charge in [-0.3, -0.25) is 0 Å². The fourth-order valence-corrected chi connectivity index (χ4v) is 11.1. The molecule has 1 aliphatic carbocycles. The normalized spacial score (nSPS) is 15.1. The van der Waals surface area contributed by atoms with E-state index < -0.39 is 0 Å². The van der Waals surface area contributed by atoms with Crippen LogP contribution in [0.15, 0.2) is 142 Å². The van der Waals surface area contributed by atoms with Crippen molar-refractivity contribution in [1.82, 2.24) is 0 Å². The number of fused-ring (bicyclic) bond motifs is 13. The average Bonchev–Trinajstić information content (AvgIpc) is 3.90. The SMILES string of the molecule is CC(C)(C)c1ccc(N2B3c4oc5ccc(C(C)(C)C)cc5c4N(c4ccc(C(C)(C)C)cc4)c4cc5c(oc6ccccc65)c(c43)-c3cc4c(cc32)C(C)(C)c2ccccc2-4)cc1. The molecule has 3 aliphatic rings. The van der Waals surface area contributed by atoms with E-state index in [0.29, 0.717) is 0 Å². The van der Waals surface area contributed by atoms with Gasteiger partial charge in [-0.25, -0.2) is 0 Å². The van der Waals surface area contributed by atoms with Crippen LogP contribution in [0.25, 0.3) is 55.2 Å². The molecule has 7 aromatic carbocycles. The number of furan rings is 2. The topological polar surface area (TPSA) is 32.8 Å². The van der Waals surface area contributed by atoms with E-state index in [1.54, 1.807) is 0 Å². The molecular formula is C59H55BN2O2. The Morgan fingerprint density at radius 3 is 1.78 bits per heavy atom. The average molecular weight is 835 g/mol. The van der Waals surface area contributed by atoms with Crippen LogP contribution in [0.4, 0.5) is 28.4 Å². The van der Waals surface area contributed by atoms with Crippen molar-refractivity contribution in [3.63, 3.8) is 0 Å². The monoisotopic (exact) mass is 834 g/mol. The molecule has 0 bridgehead atoms. The molecule has 2 aliphatic heterocycles. The van der Waals surface area contributed by atoms with Crippen molar-refractivity contribution in [3.05, 3.63) is 161 Å². The molecule has 2 aromatic heterocycles. The van der Waals surface area contributed by atoms with Gasteiger partial charge in [-0.15, -0.1) is 0 Å². The lowest BCUT2D eigenvalue weighted by Crippen LogP contribution is -2.61. The second-order valence-corrected chi connectivity index (χ2v) is 22.2. The predicted octanol–water partition coefficient (Wildman–Crippen LogP) is 15.2. The fourth-order valence-electron chi connectivity index (χ4n) is 11.1. The quantitative estimate of drug-likeness (QED) is 0.162. The van der Waals surface area contributed by atoms with Gasteiger partial charge in [0.1, 0.15) is 22.4 Å². The molecule has 316 valence electrons. The molecule has 4 heterocycles. The summed E-state index contributed by atoms with van der Waals surface area (Å²) in [5.41, 5.74) is 21.6. The number of para-hydroxylation sites is 1. The number of anilines is 5. The summed E-state index contributed by atoms with van der Waals surface area (Å²) in [7, 11) is 0. The smallest absolute Gasteiger partial charge is 0.376 e. The van der Waals surface area contributed by atoms with Crippen LogP contribution in [0.5, 0.6) is 0 Å². The maximum Gasteiger partial charge on any atom is 0.376 e. The molecular weight excluding hydrogens is 779 g/mol. The zero-order valence-electron chi connectivity index (χ0n) is 39.0. The van der Waals surface area contributed by atoms with Crippen molar-refractivity contribution in [3.8, 4) is 22.3 Å². The van der Waals surface area contributed by atoms with Crippen molar-refractivity contribution in [2.45, 2.75) is 97.8 Å². The summed E-state index contributed by atoms with van der Waals surface area (Å²) in [6.45, 7) is 25.1. The highest BCUT2D eigenvalue weighted by Gasteiger charge is 2.51. The van der Waals surface area contributed by atoms with E-state index in [0.717, 1.165) is 72.6 Å². The second kappa shape index (κ2) is 12.8. The van der Waals surface area contributed by atoms with E-state index in [-0.39, 0.29) is 28.5 Å². The van der Waals surface area contributed by atoms with Gasteiger partial charge in [0.05, 0.1) is 5.69 Å². The first-order valence-electron chi connectivity index (χ1n) is 23.0. The van der Waals surface area contributed by atoms with Gasteiger partial charge in [0.15, 0.2) is 0 Å². The summed E-state index contributed by atoms with van der Waals surface area (Å²) < 4.78 is 14.6. The Bertz CT molecular complexity index is 3420. The molecule has 0 amide bonds. The molecule has 12 rings (SSSR count). The third-order valence-electron chi connectivity index (χ3n) is 14.7. The Kier molecular flexibility index (Phi) is 7.86. The molecule has 64 heavy (non-hydrogen) atoms. The Labute approximate surface area is 377 Å². The van der Waals surface area contributed by atoms with Crippen LogP contribution in [0, 0.1) is 0 Å². The van der Waals surface area contributed by atoms with E-state index in [9.17, 15) is 0 Å². The molecule has 0 N–H and O–H groups in total. The lowest BCUT2D eigenvalue weighted by molar-refractivity contribution is 0.590. The van der Waals surface area contributed by atoms with Gasteiger partial charge in [0.2, 0.25) is 0 Å². The summed E-state index contributed by atoms with van der Waals surface area (Å²) in [6, 6.07) is 50.3. The molecule has 0 saturated carbocycles. The summed E-state index contributed by atoms with van der Waals surface area (Å²) in [5.74, 6) is 0. The Morgan fingerprint density at radius 1 is 0.484 bits per heavy atom. The van der Waals surface area contributed by atoms with E-state index >= 15 is 0 Å². The maximum absolute atomic E-state index is 7.42. The van der Waals surface area contributed by atoms with E-state index in [4.69, 9.17) is 8.83 Å². The third-order valence-corrected chi connectivity index (χ3v) is 14.7. The van der Waals surface area contributed by atoms with Crippen LogP contribution in [-0.4, -0.2) is 6.85 Å². The van der Waals surface area contributed by atoms with Crippen LogP contribution in [0.1, 0.15) is 104 Å². The highest BCUT2D eigenvalue weighted by Crippen LogP contribution is 2.57. The summed E-state index contributed by atoms with van der Waals surface area (Å²) >= 11 is 0. The fraction of sp³-hybridized carbons (Fsp3) is 0.254. The highest BCUT2D eigenvalue weighted by molar-refractivity contribution is 6.93. The first-order valence-corrected chi connectivity index (χ1v) is 23.0. The molecule has 4 nitrogen and oxygen atoms in total. The highest BCUT2D eigenvalue weighted by atomic mass is 16.3.